The second-order valence-electron chi connectivity index (χ2n) is 3.92. The predicted molar refractivity (Wildman–Crippen MR) is 57.0 cm³/mol. The molecular formula is C12H16NO+. The lowest BCUT2D eigenvalue weighted by Gasteiger charge is -2.12. The van der Waals surface area contributed by atoms with Crippen molar-refractivity contribution in [3.8, 4) is 0 Å². The summed E-state index contributed by atoms with van der Waals surface area (Å²) in [7, 11) is 0. The quantitative estimate of drug-likeness (QED) is 0.692. The van der Waals surface area contributed by atoms with Crippen LogP contribution in [0.25, 0.3) is 0 Å². The summed E-state index contributed by atoms with van der Waals surface area (Å²) in [5.41, 5.74) is 2.70. The van der Waals surface area contributed by atoms with E-state index in [0.29, 0.717) is 0 Å². The van der Waals surface area contributed by atoms with Crippen LogP contribution in [0.3, 0.4) is 0 Å². The fraction of sp³-hybridized carbons (Fsp3) is 0.417. The second kappa shape index (κ2) is 3.93. The van der Waals surface area contributed by atoms with Crippen molar-refractivity contribution < 1.29 is 9.68 Å². The number of hydrogen-bond donors (Lipinski definition) is 1. The zero-order valence-corrected chi connectivity index (χ0v) is 8.48. The van der Waals surface area contributed by atoms with Crippen molar-refractivity contribution in [1.82, 2.24) is 0 Å². The van der Waals surface area contributed by atoms with Gasteiger partial charge in [0, 0.05) is 12.0 Å². The Balaban J connectivity index is 2.22. The maximum atomic E-state index is 9.29. The molecule has 1 aliphatic rings. The van der Waals surface area contributed by atoms with Crippen LogP contribution in [0.2, 0.25) is 0 Å². The van der Waals surface area contributed by atoms with Gasteiger partial charge in [-0.3, -0.25) is 0 Å². The molecule has 0 spiro atoms. The third-order valence-electron chi connectivity index (χ3n) is 2.54. The predicted octanol–water partition coefficient (Wildman–Crippen LogP) is 1.05. The molecule has 0 bridgehead atoms. The zero-order valence-electron chi connectivity index (χ0n) is 8.48. The van der Waals surface area contributed by atoms with Gasteiger partial charge < -0.3 is 5.11 Å². The number of fused-ring (bicyclic) bond motifs is 1. The van der Waals surface area contributed by atoms with Crippen molar-refractivity contribution in [3.63, 3.8) is 0 Å². The molecule has 1 aliphatic heterocycles. The summed E-state index contributed by atoms with van der Waals surface area (Å²) < 4.78 is 2.19. The SMILES string of the molecule is CC(O)C[N+]1=Cc2ccccc2CC1. The minimum Gasteiger partial charge on any atom is -0.387 e. The van der Waals surface area contributed by atoms with Crippen LogP contribution < -0.4 is 0 Å². The van der Waals surface area contributed by atoms with Crippen LogP contribution in [-0.2, 0) is 6.42 Å². The van der Waals surface area contributed by atoms with Crippen molar-refractivity contribution in [2.24, 2.45) is 0 Å². The number of hydrogen-bond acceptors (Lipinski definition) is 1. The van der Waals surface area contributed by atoms with Crippen LogP contribution >= 0.6 is 0 Å². The standard InChI is InChI=1S/C12H16NO/c1-10(14)8-13-7-6-11-4-2-3-5-12(11)9-13/h2-5,9-10,14H,6-8H2,1H3/q+1. The lowest BCUT2D eigenvalue weighted by molar-refractivity contribution is -0.532. The van der Waals surface area contributed by atoms with E-state index in [-0.39, 0.29) is 6.10 Å². The normalized spacial score (nSPS) is 17.1. The second-order valence-corrected chi connectivity index (χ2v) is 3.92. The largest absolute Gasteiger partial charge is 0.387 e. The van der Waals surface area contributed by atoms with E-state index in [4.69, 9.17) is 0 Å². The maximum Gasteiger partial charge on any atom is 0.171 e. The first-order valence-electron chi connectivity index (χ1n) is 5.10. The fourth-order valence-electron chi connectivity index (χ4n) is 1.90. The molecule has 0 radical (unpaired) electrons. The molecule has 1 heterocycles. The number of β-amino-alcohol motifs (C(OH)–C–C–N with tert-alkyl or cyclic N) is 1. The summed E-state index contributed by atoms with van der Waals surface area (Å²) in [5, 5.41) is 9.29. The molecule has 2 nitrogen and oxygen atoms in total. The Labute approximate surface area is 84.5 Å². The van der Waals surface area contributed by atoms with Gasteiger partial charge in [0.25, 0.3) is 0 Å². The van der Waals surface area contributed by atoms with Gasteiger partial charge in [-0.15, -0.1) is 0 Å². The van der Waals surface area contributed by atoms with Gasteiger partial charge in [-0.1, -0.05) is 18.2 Å². The van der Waals surface area contributed by atoms with Crippen molar-refractivity contribution in [1.29, 1.82) is 0 Å². The molecule has 0 saturated heterocycles. The molecule has 14 heavy (non-hydrogen) atoms. The molecule has 2 rings (SSSR count). The first-order chi connectivity index (χ1) is 6.75. The summed E-state index contributed by atoms with van der Waals surface area (Å²) in [4.78, 5) is 0. The van der Waals surface area contributed by atoms with E-state index in [1.165, 1.54) is 11.1 Å². The van der Waals surface area contributed by atoms with Gasteiger partial charge in [0.2, 0.25) is 0 Å². The Hall–Kier alpha value is -1.15. The highest BCUT2D eigenvalue weighted by atomic mass is 16.3. The van der Waals surface area contributed by atoms with Crippen LogP contribution in [-0.4, -0.2) is 35.1 Å². The molecule has 1 aromatic rings. The van der Waals surface area contributed by atoms with E-state index in [1.54, 1.807) is 0 Å². The molecule has 1 atom stereocenters. The molecule has 2 heteroatoms. The van der Waals surface area contributed by atoms with Crippen LogP contribution in [0.1, 0.15) is 18.1 Å². The van der Waals surface area contributed by atoms with Crippen LogP contribution in [0.4, 0.5) is 0 Å². The maximum absolute atomic E-state index is 9.29. The van der Waals surface area contributed by atoms with Gasteiger partial charge in [0.1, 0.15) is 12.6 Å². The number of aliphatic hydroxyl groups is 1. The Morgan fingerprint density at radius 3 is 3.00 bits per heavy atom. The minimum absolute atomic E-state index is 0.253. The van der Waals surface area contributed by atoms with E-state index in [9.17, 15) is 5.11 Å². The Kier molecular flexibility index (Phi) is 2.64. The van der Waals surface area contributed by atoms with Gasteiger partial charge in [-0.05, 0) is 18.6 Å². The summed E-state index contributed by atoms with van der Waals surface area (Å²) in [5.74, 6) is 0. The average molecular weight is 190 g/mol. The Bertz CT molecular complexity index is 355. The molecule has 0 aliphatic carbocycles. The highest BCUT2D eigenvalue weighted by Crippen LogP contribution is 2.11. The third-order valence-corrected chi connectivity index (χ3v) is 2.54. The number of nitrogens with zero attached hydrogens (tertiary/aromatic N) is 1. The van der Waals surface area contributed by atoms with Gasteiger partial charge in [0.15, 0.2) is 12.8 Å². The van der Waals surface area contributed by atoms with Crippen molar-refractivity contribution in [2.45, 2.75) is 19.4 Å². The molecule has 1 N–H and O–H groups in total. The van der Waals surface area contributed by atoms with Gasteiger partial charge >= 0.3 is 0 Å². The molecule has 0 fully saturated rings. The highest BCUT2D eigenvalue weighted by molar-refractivity contribution is 5.78. The first kappa shape index (κ1) is 9.41. The van der Waals surface area contributed by atoms with Crippen LogP contribution in [0.5, 0.6) is 0 Å². The lowest BCUT2D eigenvalue weighted by Crippen LogP contribution is -2.28. The summed E-state index contributed by atoms with van der Waals surface area (Å²) in [6.45, 7) is 3.57. The lowest BCUT2D eigenvalue weighted by atomic mass is 10.0. The highest BCUT2D eigenvalue weighted by Gasteiger charge is 2.16. The van der Waals surface area contributed by atoms with Gasteiger partial charge in [0.05, 0.1) is 0 Å². The average Bonchev–Trinajstić information content (AvgIpc) is 2.17. The number of aliphatic hydroxyl groups excluding tert-OH is 1. The smallest absolute Gasteiger partial charge is 0.171 e. The molecule has 1 aromatic carbocycles. The number of rotatable bonds is 2. The molecular weight excluding hydrogens is 174 g/mol. The van der Waals surface area contributed by atoms with E-state index in [1.807, 2.05) is 6.92 Å². The Morgan fingerprint density at radius 1 is 1.43 bits per heavy atom. The van der Waals surface area contributed by atoms with Crippen LogP contribution in [0, 0.1) is 0 Å². The van der Waals surface area contributed by atoms with Gasteiger partial charge in [-0.25, -0.2) is 4.58 Å². The van der Waals surface area contributed by atoms with Gasteiger partial charge in [-0.2, -0.15) is 0 Å². The number of benzene rings is 1. The zero-order chi connectivity index (χ0) is 9.97. The summed E-state index contributed by atoms with van der Waals surface area (Å²) in [6, 6.07) is 8.44. The van der Waals surface area contributed by atoms with E-state index < -0.39 is 0 Å². The van der Waals surface area contributed by atoms with Crippen molar-refractivity contribution >= 4 is 6.21 Å². The van der Waals surface area contributed by atoms with E-state index in [0.717, 1.165) is 19.5 Å². The topological polar surface area (TPSA) is 23.2 Å². The summed E-state index contributed by atoms with van der Waals surface area (Å²) >= 11 is 0. The monoisotopic (exact) mass is 190 g/mol. The third kappa shape index (κ3) is 2.02. The first-order valence-corrected chi connectivity index (χ1v) is 5.10. The summed E-state index contributed by atoms with van der Waals surface area (Å²) in [6.07, 6.45) is 2.97. The fourth-order valence-corrected chi connectivity index (χ4v) is 1.90. The van der Waals surface area contributed by atoms with E-state index >= 15 is 0 Å². The molecule has 0 saturated carbocycles. The molecule has 74 valence electrons. The molecule has 0 amide bonds. The van der Waals surface area contributed by atoms with Crippen molar-refractivity contribution in [3.05, 3.63) is 35.4 Å². The minimum atomic E-state index is -0.253. The van der Waals surface area contributed by atoms with Crippen molar-refractivity contribution in [2.75, 3.05) is 13.1 Å². The molecule has 0 aromatic heterocycles. The Morgan fingerprint density at radius 2 is 2.21 bits per heavy atom. The van der Waals surface area contributed by atoms with E-state index in [2.05, 4.69) is 35.1 Å². The van der Waals surface area contributed by atoms with Crippen LogP contribution in [0.15, 0.2) is 24.3 Å². The molecule has 1 unspecified atom stereocenters.